The summed E-state index contributed by atoms with van der Waals surface area (Å²) in [5.74, 6) is -0.519. The Bertz CT molecular complexity index is 924. The Morgan fingerprint density at radius 1 is 1.36 bits per heavy atom. The summed E-state index contributed by atoms with van der Waals surface area (Å²) in [5, 5.41) is 0.762. The topological polar surface area (TPSA) is 89.5 Å². The molecule has 0 saturated heterocycles. The normalized spacial score (nSPS) is 13.2. The number of fused-ring (bicyclic) bond motifs is 1. The molecule has 7 nitrogen and oxygen atoms in total. The molecule has 1 heterocycles. The van der Waals surface area contributed by atoms with Crippen molar-refractivity contribution in [1.29, 1.82) is 0 Å². The minimum atomic E-state index is -4.31. The first-order valence-electron chi connectivity index (χ1n) is 7.53. The molecule has 10 heteroatoms. The highest BCUT2D eigenvalue weighted by Crippen LogP contribution is 2.27. The number of carbonyl (C=O) groups is 1. The lowest BCUT2D eigenvalue weighted by Crippen LogP contribution is -2.45. The lowest BCUT2D eigenvalue weighted by atomic mass is 10.3. The third-order valence-electron chi connectivity index (χ3n) is 3.81. The molecule has 1 aromatic heterocycles. The first-order chi connectivity index (χ1) is 11.5. The molecule has 0 aliphatic heterocycles. The van der Waals surface area contributed by atoms with Gasteiger partial charge in [0, 0.05) is 26.0 Å². The Morgan fingerprint density at radius 2 is 1.96 bits per heavy atom. The standard InChI is InChI=1S/C15H18Cl2N2O5S/c1-4-18-9(2)19(15-6-13(17)12(16)5-14(15)18)7-11(24-10(3)20)8-25(21,22)23/h5-6,11H,4,7-8H2,1-3H3/p+1. The summed E-state index contributed by atoms with van der Waals surface area (Å²) in [7, 11) is -4.31. The molecule has 1 atom stereocenters. The van der Waals surface area contributed by atoms with Crippen LogP contribution >= 0.6 is 23.2 Å². The van der Waals surface area contributed by atoms with Crippen molar-refractivity contribution < 1.29 is 27.1 Å². The van der Waals surface area contributed by atoms with E-state index in [0.717, 1.165) is 16.9 Å². The van der Waals surface area contributed by atoms with E-state index in [4.69, 9.17) is 32.5 Å². The zero-order chi connectivity index (χ0) is 18.9. The van der Waals surface area contributed by atoms with E-state index in [2.05, 4.69) is 0 Å². The summed E-state index contributed by atoms with van der Waals surface area (Å²) in [6, 6.07) is 3.41. The first kappa shape index (κ1) is 20.0. The Hall–Kier alpha value is -1.35. The Balaban J connectivity index is 2.56. The maximum absolute atomic E-state index is 11.3. The molecule has 0 bridgehead atoms. The third kappa shape index (κ3) is 4.63. The Kier molecular flexibility index (Phi) is 5.98. The van der Waals surface area contributed by atoms with Gasteiger partial charge in [0.25, 0.3) is 15.9 Å². The second-order valence-corrected chi connectivity index (χ2v) is 7.95. The fourth-order valence-corrected chi connectivity index (χ4v) is 3.84. The van der Waals surface area contributed by atoms with Gasteiger partial charge in [0.05, 0.1) is 16.6 Å². The lowest BCUT2D eigenvalue weighted by Gasteiger charge is -2.14. The van der Waals surface area contributed by atoms with Crippen molar-refractivity contribution in [3.8, 4) is 0 Å². The van der Waals surface area contributed by atoms with Gasteiger partial charge in [-0.1, -0.05) is 23.2 Å². The zero-order valence-electron chi connectivity index (χ0n) is 14.0. The van der Waals surface area contributed by atoms with E-state index in [1.807, 2.05) is 18.4 Å². The summed E-state index contributed by atoms with van der Waals surface area (Å²) < 4.78 is 40.4. The molecule has 0 fully saturated rings. The Morgan fingerprint density at radius 3 is 2.48 bits per heavy atom. The first-order valence-corrected chi connectivity index (χ1v) is 9.90. The average Bonchev–Trinajstić information content (AvgIpc) is 2.69. The van der Waals surface area contributed by atoms with Crippen molar-refractivity contribution in [2.45, 2.75) is 40.0 Å². The van der Waals surface area contributed by atoms with Gasteiger partial charge in [-0.25, -0.2) is 9.13 Å². The van der Waals surface area contributed by atoms with Gasteiger partial charge in [-0.2, -0.15) is 8.42 Å². The van der Waals surface area contributed by atoms with E-state index >= 15 is 0 Å². The van der Waals surface area contributed by atoms with E-state index in [1.54, 1.807) is 16.7 Å². The van der Waals surface area contributed by atoms with Crippen LogP contribution in [0.5, 0.6) is 0 Å². The number of halogens is 2. The predicted molar refractivity (Wildman–Crippen MR) is 94.5 cm³/mol. The molecular weight excluding hydrogens is 391 g/mol. The van der Waals surface area contributed by atoms with Gasteiger partial charge in [0.2, 0.25) is 0 Å². The summed E-state index contributed by atoms with van der Waals surface area (Å²) in [5.41, 5.74) is 1.55. The fraction of sp³-hybridized carbons (Fsp3) is 0.467. The van der Waals surface area contributed by atoms with Crippen LogP contribution in [-0.2, 0) is 32.7 Å². The minimum Gasteiger partial charge on any atom is -0.457 e. The zero-order valence-corrected chi connectivity index (χ0v) is 16.3. The highest BCUT2D eigenvalue weighted by molar-refractivity contribution is 7.85. The van der Waals surface area contributed by atoms with Gasteiger partial charge >= 0.3 is 5.97 Å². The number of ether oxygens (including phenoxy) is 1. The SMILES string of the molecule is CCn1c(C)[n+](CC(CS(=O)(=O)O)OC(C)=O)c2cc(Cl)c(Cl)cc21. The number of aromatic nitrogens is 2. The minimum absolute atomic E-state index is 0.0483. The van der Waals surface area contributed by atoms with Crippen molar-refractivity contribution in [3.05, 3.63) is 28.0 Å². The van der Waals surface area contributed by atoms with Gasteiger partial charge < -0.3 is 4.74 Å². The predicted octanol–water partition coefficient (Wildman–Crippen LogP) is 2.38. The fourth-order valence-electron chi connectivity index (χ4n) is 2.88. The van der Waals surface area contributed by atoms with Crippen LogP contribution in [0.3, 0.4) is 0 Å². The van der Waals surface area contributed by atoms with Gasteiger partial charge in [0.1, 0.15) is 12.3 Å². The maximum atomic E-state index is 11.3. The Labute approximate surface area is 155 Å². The molecule has 0 spiro atoms. The van der Waals surface area contributed by atoms with Crippen LogP contribution in [0.25, 0.3) is 11.0 Å². The van der Waals surface area contributed by atoms with E-state index in [9.17, 15) is 13.2 Å². The molecule has 0 aliphatic rings. The highest BCUT2D eigenvalue weighted by Gasteiger charge is 2.28. The van der Waals surface area contributed by atoms with E-state index in [1.165, 1.54) is 6.92 Å². The number of hydrogen-bond donors (Lipinski definition) is 1. The van der Waals surface area contributed by atoms with E-state index < -0.39 is 27.9 Å². The van der Waals surface area contributed by atoms with Gasteiger partial charge in [0.15, 0.2) is 17.1 Å². The molecule has 2 aromatic rings. The monoisotopic (exact) mass is 409 g/mol. The van der Waals surface area contributed by atoms with Gasteiger partial charge in [-0.05, 0) is 6.92 Å². The molecule has 0 saturated carbocycles. The van der Waals surface area contributed by atoms with Crippen LogP contribution in [0.4, 0.5) is 0 Å². The highest BCUT2D eigenvalue weighted by atomic mass is 35.5. The number of aryl methyl sites for hydroxylation is 1. The van der Waals surface area contributed by atoms with Gasteiger partial charge in [-0.3, -0.25) is 9.35 Å². The molecule has 1 unspecified atom stereocenters. The molecule has 0 aliphatic carbocycles. The van der Waals surface area contributed by atoms with Crippen molar-refractivity contribution in [3.63, 3.8) is 0 Å². The van der Waals surface area contributed by atoms with Crippen LogP contribution in [0.1, 0.15) is 19.7 Å². The molecule has 0 amide bonds. The van der Waals surface area contributed by atoms with Crippen molar-refractivity contribution >= 4 is 50.3 Å². The molecule has 2 rings (SSSR count). The maximum Gasteiger partial charge on any atom is 0.303 e. The van der Waals surface area contributed by atoms with Gasteiger partial charge in [-0.15, -0.1) is 0 Å². The average molecular weight is 410 g/mol. The second-order valence-electron chi connectivity index (χ2n) is 5.64. The summed E-state index contributed by atoms with van der Waals surface area (Å²) in [6.45, 7) is 5.70. The number of rotatable bonds is 6. The van der Waals surface area contributed by atoms with Crippen LogP contribution in [0.15, 0.2) is 12.1 Å². The van der Waals surface area contributed by atoms with E-state index in [0.29, 0.717) is 16.6 Å². The van der Waals surface area contributed by atoms with Crippen molar-refractivity contribution in [2.24, 2.45) is 0 Å². The summed E-state index contributed by atoms with van der Waals surface area (Å²) >= 11 is 12.2. The van der Waals surface area contributed by atoms with Crippen molar-refractivity contribution in [1.82, 2.24) is 4.57 Å². The number of hydrogen-bond acceptors (Lipinski definition) is 4. The smallest absolute Gasteiger partial charge is 0.303 e. The second kappa shape index (κ2) is 7.49. The van der Waals surface area contributed by atoms with Crippen LogP contribution < -0.4 is 4.57 Å². The van der Waals surface area contributed by atoms with Crippen LogP contribution in [-0.4, -0.2) is 35.4 Å². The molecule has 25 heavy (non-hydrogen) atoms. The number of nitrogens with zero attached hydrogens (tertiary/aromatic N) is 2. The number of imidazole rings is 1. The molecule has 0 radical (unpaired) electrons. The summed E-state index contributed by atoms with van der Waals surface area (Å²) in [4.78, 5) is 11.3. The third-order valence-corrected chi connectivity index (χ3v) is 5.33. The summed E-state index contributed by atoms with van der Waals surface area (Å²) in [6.07, 6.45) is -1.04. The molecule has 1 N–H and O–H groups in total. The molecule has 1 aromatic carbocycles. The van der Waals surface area contributed by atoms with Crippen LogP contribution in [0.2, 0.25) is 10.0 Å². The largest absolute Gasteiger partial charge is 0.457 e. The van der Waals surface area contributed by atoms with Crippen LogP contribution in [0, 0.1) is 6.92 Å². The molecule has 138 valence electrons. The number of carbonyl (C=O) groups excluding carboxylic acids is 1. The number of benzene rings is 1. The molecular formula is C15H19Cl2N2O5S+. The van der Waals surface area contributed by atoms with Crippen molar-refractivity contribution in [2.75, 3.05) is 5.75 Å². The number of esters is 1. The lowest BCUT2D eigenvalue weighted by molar-refractivity contribution is -0.684. The quantitative estimate of drug-likeness (QED) is 0.449. The van der Waals surface area contributed by atoms with E-state index in [-0.39, 0.29) is 6.54 Å².